The minimum atomic E-state index is -4.96. The predicted octanol–water partition coefficient (Wildman–Crippen LogP) is 23.7. The molecular weight excluding hydrogens is 1290 g/mol. The van der Waals surface area contributed by atoms with Gasteiger partial charge in [0.15, 0.2) is 12.2 Å². The molecule has 0 saturated carbocycles. The van der Waals surface area contributed by atoms with Gasteiger partial charge in [0.1, 0.15) is 19.3 Å². The van der Waals surface area contributed by atoms with E-state index in [0.29, 0.717) is 25.7 Å². The highest BCUT2D eigenvalue weighted by atomic mass is 31.2. The fourth-order valence-electron chi connectivity index (χ4n) is 12.3. The summed E-state index contributed by atoms with van der Waals surface area (Å²) in [7, 11) is -9.92. The molecule has 0 aromatic rings. The maximum absolute atomic E-state index is 13.1. The van der Waals surface area contributed by atoms with Gasteiger partial charge in [-0.15, -0.1) is 0 Å². The van der Waals surface area contributed by atoms with E-state index in [1.54, 1.807) is 0 Å². The summed E-state index contributed by atoms with van der Waals surface area (Å²) in [4.78, 5) is 73.0. The van der Waals surface area contributed by atoms with E-state index >= 15 is 0 Å². The van der Waals surface area contributed by atoms with Crippen LogP contribution >= 0.6 is 15.6 Å². The predicted molar refractivity (Wildman–Crippen MR) is 405 cm³/mol. The molecule has 99 heavy (non-hydrogen) atoms. The normalized spacial score (nSPS) is 14.0. The summed E-state index contributed by atoms with van der Waals surface area (Å²) in [5, 5.41) is 10.6. The molecule has 2 unspecified atom stereocenters. The Hall–Kier alpha value is -1.94. The highest BCUT2D eigenvalue weighted by Gasteiger charge is 2.30. The number of carbonyl (C=O) groups excluding carboxylic acids is 4. The van der Waals surface area contributed by atoms with Crippen LogP contribution in [-0.2, 0) is 65.4 Å². The molecule has 0 aliphatic carbocycles. The minimum absolute atomic E-state index is 0.105. The number of rotatable bonds is 78. The zero-order chi connectivity index (χ0) is 73.0. The van der Waals surface area contributed by atoms with Gasteiger partial charge in [-0.1, -0.05) is 363 Å². The minimum Gasteiger partial charge on any atom is -0.462 e. The second-order valence-corrected chi connectivity index (χ2v) is 33.1. The van der Waals surface area contributed by atoms with Gasteiger partial charge in [-0.3, -0.25) is 37.3 Å². The summed E-state index contributed by atoms with van der Waals surface area (Å²) in [6.07, 6.45) is 58.4. The maximum Gasteiger partial charge on any atom is 0.472 e. The molecule has 0 radical (unpaired) electrons. The van der Waals surface area contributed by atoms with Crippen LogP contribution < -0.4 is 0 Å². The molecule has 0 spiro atoms. The van der Waals surface area contributed by atoms with Gasteiger partial charge >= 0.3 is 39.5 Å². The quantitative estimate of drug-likeness (QED) is 0.0222. The average molecular weight is 1450 g/mol. The topological polar surface area (TPSA) is 237 Å². The van der Waals surface area contributed by atoms with E-state index in [-0.39, 0.29) is 25.7 Å². The Bertz CT molecular complexity index is 1920. The van der Waals surface area contributed by atoms with Crippen LogP contribution in [0.25, 0.3) is 0 Å². The molecule has 0 aromatic heterocycles. The van der Waals surface area contributed by atoms with Crippen molar-refractivity contribution in [2.24, 2.45) is 17.8 Å². The smallest absolute Gasteiger partial charge is 0.462 e. The van der Waals surface area contributed by atoms with E-state index in [9.17, 15) is 43.2 Å². The van der Waals surface area contributed by atoms with E-state index < -0.39 is 97.5 Å². The number of esters is 4. The first-order chi connectivity index (χ1) is 47.7. The van der Waals surface area contributed by atoms with Crippen molar-refractivity contribution >= 4 is 39.5 Å². The van der Waals surface area contributed by atoms with Crippen molar-refractivity contribution in [2.75, 3.05) is 39.6 Å². The van der Waals surface area contributed by atoms with Crippen molar-refractivity contribution < 1.29 is 80.2 Å². The Morgan fingerprint density at radius 1 is 0.273 bits per heavy atom. The molecule has 0 heterocycles. The molecule has 19 heteroatoms. The Kier molecular flexibility index (Phi) is 69.0. The Balaban J connectivity index is 5.22. The molecule has 3 N–H and O–H groups in total. The van der Waals surface area contributed by atoms with Crippen LogP contribution in [0.3, 0.4) is 0 Å². The van der Waals surface area contributed by atoms with Crippen LogP contribution in [0.5, 0.6) is 0 Å². The first-order valence-corrected chi connectivity index (χ1v) is 44.3. The number of hydrogen-bond donors (Lipinski definition) is 3. The van der Waals surface area contributed by atoms with Crippen LogP contribution in [0.15, 0.2) is 0 Å². The van der Waals surface area contributed by atoms with Crippen LogP contribution in [0.4, 0.5) is 0 Å². The Morgan fingerprint density at radius 3 is 0.687 bits per heavy atom. The highest BCUT2D eigenvalue weighted by molar-refractivity contribution is 7.47. The highest BCUT2D eigenvalue weighted by Crippen LogP contribution is 2.45. The fourth-order valence-corrected chi connectivity index (χ4v) is 13.9. The first kappa shape index (κ1) is 97.1. The molecule has 0 rings (SSSR count). The van der Waals surface area contributed by atoms with E-state index in [1.165, 1.54) is 225 Å². The third kappa shape index (κ3) is 74.1. The van der Waals surface area contributed by atoms with Crippen molar-refractivity contribution in [3.05, 3.63) is 0 Å². The summed E-state index contributed by atoms with van der Waals surface area (Å²) >= 11 is 0. The molecule has 5 atom stereocenters. The molecular formula is C80H156O17P2. The Morgan fingerprint density at radius 2 is 0.465 bits per heavy atom. The standard InChI is InChI=1S/C80H156O17P2/c1-8-9-10-11-12-13-14-15-16-17-18-19-20-21-22-23-26-33-42-49-56-63-79(84)96-75(67-90-77(82)61-54-47-40-32-27-24-25-30-37-44-51-58-71(2)3)69-94-98(86,87)92-65-74(81)66-93-99(88,89)95-70-76(68-91-78(83)62-55-48-41-36-35-39-46-53-60-73(6)7)97-80(85)64-57-50-43-34-29-28-31-38-45-52-59-72(4)5/h71-76,81H,8-70H2,1-7H3,(H,86,87)(H,88,89)/t74-,75-,76-/m1/s1. The van der Waals surface area contributed by atoms with Crippen molar-refractivity contribution in [2.45, 2.75) is 433 Å². The van der Waals surface area contributed by atoms with E-state index in [0.717, 1.165) is 108 Å². The van der Waals surface area contributed by atoms with E-state index in [2.05, 4.69) is 48.5 Å². The van der Waals surface area contributed by atoms with E-state index in [1.807, 2.05) is 0 Å². The summed E-state index contributed by atoms with van der Waals surface area (Å²) in [6, 6.07) is 0. The van der Waals surface area contributed by atoms with Gasteiger partial charge in [0.25, 0.3) is 0 Å². The molecule has 0 bridgehead atoms. The molecule has 0 aliphatic heterocycles. The number of aliphatic hydroxyl groups excluding tert-OH is 1. The summed E-state index contributed by atoms with van der Waals surface area (Å²) in [6.45, 7) is 11.9. The third-order valence-electron chi connectivity index (χ3n) is 18.6. The second kappa shape index (κ2) is 70.4. The monoisotopic (exact) mass is 1450 g/mol. The molecule has 0 aromatic carbocycles. The number of phosphoric acid groups is 2. The lowest BCUT2D eigenvalue weighted by Gasteiger charge is -2.21. The molecule has 0 saturated heterocycles. The van der Waals surface area contributed by atoms with Crippen molar-refractivity contribution in [1.29, 1.82) is 0 Å². The average Bonchev–Trinajstić information content (AvgIpc) is 1.16. The molecule has 17 nitrogen and oxygen atoms in total. The molecule has 0 amide bonds. The summed E-state index contributed by atoms with van der Waals surface area (Å²) in [5.74, 6) is 0.135. The SMILES string of the molecule is CCCCCCCCCCCCCCCCCCCCCCCC(=O)O[C@H](COC(=O)CCCCCCCCCCCCCC(C)C)COP(=O)(O)OC[C@@H](O)COP(=O)(O)OC[C@@H](COC(=O)CCCCCCCCCCC(C)C)OC(=O)CCCCCCCCCCCCC(C)C. The Labute approximate surface area is 607 Å². The fraction of sp³-hybridized carbons (Fsp3) is 0.950. The lowest BCUT2D eigenvalue weighted by Crippen LogP contribution is -2.30. The van der Waals surface area contributed by atoms with Crippen LogP contribution in [-0.4, -0.2) is 96.7 Å². The lowest BCUT2D eigenvalue weighted by atomic mass is 10.0. The van der Waals surface area contributed by atoms with Gasteiger partial charge in [0.05, 0.1) is 26.4 Å². The largest absolute Gasteiger partial charge is 0.472 e. The van der Waals surface area contributed by atoms with Crippen LogP contribution in [0, 0.1) is 17.8 Å². The zero-order valence-electron chi connectivity index (χ0n) is 65.0. The summed E-state index contributed by atoms with van der Waals surface area (Å²) in [5.41, 5.74) is 0. The number of unbranched alkanes of at least 4 members (excludes halogenated alkanes) is 46. The van der Waals surface area contributed by atoms with Crippen molar-refractivity contribution in [1.82, 2.24) is 0 Å². The van der Waals surface area contributed by atoms with Gasteiger partial charge in [0.2, 0.25) is 0 Å². The van der Waals surface area contributed by atoms with Gasteiger partial charge in [-0.25, -0.2) is 9.13 Å². The number of ether oxygens (including phenoxy) is 4. The van der Waals surface area contributed by atoms with Crippen LogP contribution in [0.1, 0.15) is 414 Å². The van der Waals surface area contributed by atoms with Gasteiger partial charge in [-0.05, 0) is 43.4 Å². The number of hydrogen-bond acceptors (Lipinski definition) is 15. The van der Waals surface area contributed by atoms with Crippen molar-refractivity contribution in [3.8, 4) is 0 Å². The molecule has 588 valence electrons. The molecule has 0 aliphatic rings. The zero-order valence-corrected chi connectivity index (χ0v) is 66.8. The summed E-state index contributed by atoms with van der Waals surface area (Å²) < 4.78 is 68.7. The number of carbonyl (C=O) groups is 4. The van der Waals surface area contributed by atoms with E-state index in [4.69, 9.17) is 37.0 Å². The lowest BCUT2D eigenvalue weighted by molar-refractivity contribution is -0.161. The van der Waals surface area contributed by atoms with Gasteiger partial charge in [0, 0.05) is 25.7 Å². The van der Waals surface area contributed by atoms with Gasteiger partial charge < -0.3 is 33.8 Å². The third-order valence-corrected chi connectivity index (χ3v) is 20.5. The van der Waals surface area contributed by atoms with Crippen LogP contribution in [0.2, 0.25) is 0 Å². The first-order valence-electron chi connectivity index (χ1n) is 41.3. The van der Waals surface area contributed by atoms with Gasteiger partial charge in [-0.2, -0.15) is 0 Å². The second-order valence-electron chi connectivity index (χ2n) is 30.2. The maximum atomic E-state index is 13.1. The van der Waals surface area contributed by atoms with Crippen molar-refractivity contribution in [3.63, 3.8) is 0 Å². The number of phosphoric ester groups is 2. The number of aliphatic hydroxyl groups is 1. The molecule has 0 fully saturated rings.